The van der Waals surface area contributed by atoms with E-state index in [0.717, 1.165) is 0 Å². The number of carboxylic acid groups (broad SMARTS) is 1. The fraction of sp³-hybridized carbons (Fsp3) is 0.778. The van der Waals surface area contributed by atoms with E-state index in [4.69, 9.17) is 10.8 Å². The topological polar surface area (TPSA) is 86.9 Å². The number of piperazine rings is 1. The lowest BCUT2D eigenvalue weighted by molar-refractivity contribution is -0.139. The molecule has 0 bridgehead atoms. The van der Waals surface area contributed by atoms with E-state index in [2.05, 4.69) is 0 Å². The van der Waals surface area contributed by atoms with Crippen LogP contribution < -0.4 is 5.73 Å². The molecule has 0 aromatic rings. The number of carbonyl (C=O) groups is 2. The van der Waals surface area contributed by atoms with Gasteiger partial charge in [0.15, 0.2) is 0 Å². The third-order valence-electron chi connectivity index (χ3n) is 2.43. The van der Waals surface area contributed by atoms with Crippen molar-refractivity contribution in [2.75, 3.05) is 32.7 Å². The van der Waals surface area contributed by atoms with E-state index in [0.29, 0.717) is 26.2 Å². The number of hydrogen-bond donors (Lipinski definition) is 2. The molecule has 1 atom stereocenters. The Labute approximate surface area is 88.6 Å². The van der Waals surface area contributed by atoms with Crippen LogP contribution in [0, 0.1) is 0 Å². The summed E-state index contributed by atoms with van der Waals surface area (Å²) in [7, 11) is 0. The summed E-state index contributed by atoms with van der Waals surface area (Å²) in [5.41, 5.74) is 5.48. The van der Waals surface area contributed by atoms with Gasteiger partial charge >= 0.3 is 5.97 Å². The van der Waals surface area contributed by atoms with Crippen molar-refractivity contribution in [3.8, 4) is 0 Å². The summed E-state index contributed by atoms with van der Waals surface area (Å²) in [6.07, 6.45) is 0. The molecule has 1 rings (SSSR count). The SMILES string of the molecule is CC(N)C(=O)N1CCN(CC(=O)O)CC1. The summed E-state index contributed by atoms with van der Waals surface area (Å²) in [6, 6.07) is -0.476. The maximum Gasteiger partial charge on any atom is 0.317 e. The zero-order valence-corrected chi connectivity index (χ0v) is 8.85. The smallest absolute Gasteiger partial charge is 0.317 e. The van der Waals surface area contributed by atoms with Crippen molar-refractivity contribution in [2.45, 2.75) is 13.0 Å². The zero-order chi connectivity index (χ0) is 11.4. The van der Waals surface area contributed by atoms with Crippen molar-refractivity contribution in [2.24, 2.45) is 5.73 Å². The van der Waals surface area contributed by atoms with Crippen molar-refractivity contribution in [1.29, 1.82) is 0 Å². The Balaban J connectivity index is 2.35. The van der Waals surface area contributed by atoms with Crippen LogP contribution in [-0.2, 0) is 9.59 Å². The van der Waals surface area contributed by atoms with E-state index >= 15 is 0 Å². The fourth-order valence-electron chi connectivity index (χ4n) is 1.61. The number of amides is 1. The van der Waals surface area contributed by atoms with E-state index in [1.807, 2.05) is 4.90 Å². The van der Waals surface area contributed by atoms with Crippen molar-refractivity contribution < 1.29 is 14.7 Å². The predicted octanol–water partition coefficient (Wildman–Crippen LogP) is -1.44. The van der Waals surface area contributed by atoms with E-state index < -0.39 is 12.0 Å². The molecule has 86 valence electrons. The minimum atomic E-state index is -0.832. The highest BCUT2D eigenvalue weighted by atomic mass is 16.4. The van der Waals surface area contributed by atoms with Gasteiger partial charge in [0.25, 0.3) is 0 Å². The van der Waals surface area contributed by atoms with E-state index in [1.54, 1.807) is 11.8 Å². The Morgan fingerprint density at radius 2 is 1.87 bits per heavy atom. The van der Waals surface area contributed by atoms with Crippen molar-refractivity contribution in [3.63, 3.8) is 0 Å². The number of carbonyl (C=O) groups excluding carboxylic acids is 1. The summed E-state index contributed by atoms with van der Waals surface area (Å²) in [5.74, 6) is -0.896. The van der Waals surface area contributed by atoms with Crippen LogP contribution in [0.25, 0.3) is 0 Å². The Bertz CT molecular complexity index is 247. The van der Waals surface area contributed by atoms with Crippen LogP contribution >= 0.6 is 0 Å². The predicted molar refractivity (Wildman–Crippen MR) is 54.3 cm³/mol. The van der Waals surface area contributed by atoms with Gasteiger partial charge in [-0.15, -0.1) is 0 Å². The zero-order valence-electron chi connectivity index (χ0n) is 8.85. The molecule has 3 N–H and O–H groups in total. The molecule has 1 unspecified atom stereocenters. The minimum Gasteiger partial charge on any atom is -0.480 e. The van der Waals surface area contributed by atoms with Gasteiger partial charge in [0.1, 0.15) is 0 Å². The first-order valence-corrected chi connectivity index (χ1v) is 4.99. The molecule has 0 aliphatic carbocycles. The first-order chi connectivity index (χ1) is 7.00. The van der Waals surface area contributed by atoms with Crippen LogP contribution in [0.1, 0.15) is 6.92 Å². The summed E-state index contributed by atoms with van der Waals surface area (Å²) in [5, 5.41) is 8.59. The molecule has 0 radical (unpaired) electrons. The molecule has 1 fully saturated rings. The molecule has 6 nitrogen and oxygen atoms in total. The van der Waals surface area contributed by atoms with Gasteiger partial charge in [-0.05, 0) is 6.92 Å². The van der Waals surface area contributed by atoms with Crippen LogP contribution in [0.15, 0.2) is 0 Å². The number of aliphatic carboxylic acids is 1. The summed E-state index contributed by atoms with van der Waals surface area (Å²) in [6.45, 7) is 4.03. The quantitative estimate of drug-likeness (QED) is 0.602. The molecular weight excluding hydrogens is 198 g/mol. The Kier molecular flexibility index (Phi) is 4.05. The highest BCUT2D eigenvalue weighted by Gasteiger charge is 2.23. The molecule has 1 heterocycles. The largest absolute Gasteiger partial charge is 0.480 e. The Morgan fingerprint density at radius 3 is 2.27 bits per heavy atom. The summed E-state index contributed by atoms with van der Waals surface area (Å²) in [4.78, 5) is 25.4. The first-order valence-electron chi connectivity index (χ1n) is 4.99. The lowest BCUT2D eigenvalue weighted by Crippen LogP contribution is -2.53. The molecule has 0 saturated carbocycles. The molecule has 1 aliphatic rings. The van der Waals surface area contributed by atoms with Crippen molar-refractivity contribution >= 4 is 11.9 Å². The van der Waals surface area contributed by atoms with Gasteiger partial charge < -0.3 is 15.7 Å². The normalized spacial score (nSPS) is 20.0. The van der Waals surface area contributed by atoms with Crippen LogP contribution in [0.2, 0.25) is 0 Å². The van der Waals surface area contributed by atoms with E-state index in [1.165, 1.54) is 0 Å². The highest BCUT2D eigenvalue weighted by Crippen LogP contribution is 2.02. The van der Waals surface area contributed by atoms with Gasteiger partial charge in [0.05, 0.1) is 12.6 Å². The number of nitrogens with zero attached hydrogens (tertiary/aromatic N) is 2. The fourth-order valence-corrected chi connectivity index (χ4v) is 1.61. The van der Waals surface area contributed by atoms with Gasteiger partial charge in [0, 0.05) is 26.2 Å². The van der Waals surface area contributed by atoms with Crippen LogP contribution in [0.4, 0.5) is 0 Å². The molecule has 0 aromatic heterocycles. The standard InChI is InChI=1S/C9H17N3O3/c1-7(10)9(15)12-4-2-11(3-5-12)6-8(13)14/h7H,2-6,10H2,1H3,(H,13,14). The Hall–Kier alpha value is -1.14. The molecule has 15 heavy (non-hydrogen) atoms. The molecule has 1 saturated heterocycles. The maximum absolute atomic E-state index is 11.5. The number of hydrogen-bond acceptors (Lipinski definition) is 4. The highest BCUT2D eigenvalue weighted by molar-refractivity contribution is 5.81. The minimum absolute atomic E-state index is 0.0419. The van der Waals surface area contributed by atoms with Gasteiger partial charge in [-0.1, -0.05) is 0 Å². The van der Waals surface area contributed by atoms with E-state index in [9.17, 15) is 9.59 Å². The monoisotopic (exact) mass is 215 g/mol. The third-order valence-corrected chi connectivity index (χ3v) is 2.43. The van der Waals surface area contributed by atoms with Crippen LogP contribution in [0.3, 0.4) is 0 Å². The summed E-state index contributed by atoms with van der Waals surface area (Å²) < 4.78 is 0. The van der Waals surface area contributed by atoms with Crippen LogP contribution in [0.5, 0.6) is 0 Å². The van der Waals surface area contributed by atoms with E-state index in [-0.39, 0.29) is 12.5 Å². The molecule has 0 spiro atoms. The average Bonchev–Trinajstić information content (AvgIpc) is 2.17. The van der Waals surface area contributed by atoms with Crippen LogP contribution in [-0.4, -0.2) is 65.5 Å². The lowest BCUT2D eigenvalue weighted by atomic mass is 10.2. The van der Waals surface area contributed by atoms with Crippen molar-refractivity contribution in [1.82, 2.24) is 9.80 Å². The Morgan fingerprint density at radius 1 is 1.33 bits per heavy atom. The number of rotatable bonds is 3. The van der Waals surface area contributed by atoms with Gasteiger partial charge in [0.2, 0.25) is 5.91 Å². The number of nitrogens with two attached hydrogens (primary N) is 1. The second-order valence-electron chi connectivity index (χ2n) is 3.78. The lowest BCUT2D eigenvalue weighted by Gasteiger charge is -2.34. The third kappa shape index (κ3) is 3.49. The van der Waals surface area contributed by atoms with Gasteiger partial charge in [-0.2, -0.15) is 0 Å². The van der Waals surface area contributed by atoms with Gasteiger partial charge in [-0.3, -0.25) is 14.5 Å². The molecule has 6 heteroatoms. The molecule has 1 aliphatic heterocycles. The van der Waals surface area contributed by atoms with Gasteiger partial charge in [-0.25, -0.2) is 0 Å². The molecular formula is C9H17N3O3. The number of carboxylic acids is 1. The second-order valence-corrected chi connectivity index (χ2v) is 3.78. The summed E-state index contributed by atoms with van der Waals surface area (Å²) >= 11 is 0. The average molecular weight is 215 g/mol. The first kappa shape index (κ1) is 11.9. The molecule has 1 amide bonds. The second kappa shape index (κ2) is 5.09. The van der Waals surface area contributed by atoms with Crippen molar-refractivity contribution in [3.05, 3.63) is 0 Å². The molecule has 0 aromatic carbocycles. The maximum atomic E-state index is 11.5.